The van der Waals surface area contributed by atoms with Gasteiger partial charge in [-0.25, -0.2) is 0 Å². The molecule has 0 radical (unpaired) electrons. The molecule has 1 aliphatic heterocycles. The van der Waals surface area contributed by atoms with Gasteiger partial charge in [0.15, 0.2) is 6.10 Å². The standard InChI is InChI=1S/C23H28N2O4/c1-16(2)23(26)25(14-17-8-7-9-18(12-17)27-3)15-19-13-21(24-29-19)20-10-5-6-11-22(20)28-4/h5-12,16,19H,13-15H2,1-4H3/t19-/m1/s1. The average Bonchev–Trinajstić information content (AvgIpc) is 3.21. The zero-order chi connectivity index (χ0) is 20.8. The highest BCUT2D eigenvalue weighted by Crippen LogP contribution is 2.25. The van der Waals surface area contributed by atoms with Gasteiger partial charge in [-0.05, 0) is 29.8 Å². The lowest BCUT2D eigenvalue weighted by atomic mass is 10.0. The van der Waals surface area contributed by atoms with Crippen LogP contribution in [0.5, 0.6) is 11.5 Å². The molecule has 1 amide bonds. The summed E-state index contributed by atoms with van der Waals surface area (Å²) in [5.41, 5.74) is 2.78. The molecule has 0 bridgehead atoms. The number of oxime groups is 1. The van der Waals surface area contributed by atoms with Crippen LogP contribution in [0.4, 0.5) is 0 Å². The Morgan fingerprint density at radius 3 is 2.69 bits per heavy atom. The van der Waals surface area contributed by atoms with E-state index in [4.69, 9.17) is 14.3 Å². The summed E-state index contributed by atoms with van der Waals surface area (Å²) in [5, 5.41) is 4.27. The summed E-state index contributed by atoms with van der Waals surface area (Å²) < 4.78 is 10.7. The molecule has 1 atom stereocenters. The van der Waals surface area contributed by atoms with E-state index in [0.717, 1.165) is 28.3 Å². The van der Waals surface area contributed by atoms with Crippen LogP contribution in [-0.4, -0.2) is 43.4 Å². The number of benzene rings is 2. The molecule has 3 rings (SSSR count). The molecule has 0 fully saturated rings. The second-order valence-corrected chi connectivity index (χ2v) is 7.39. The second-order valence-electron chi connectivity index (χ2n) is 7.39. The van der Waals surface area contributed by atoms with E-state index in [1.807, 2.05) is 67.3 Å². The van der Waals surface area contributed by atoms with E-state index in [0.29, 0.717) is 19.5 Å². The highest BCUT2D eigenvalue weighted by atomic mass is 16.6. The number of carbonyl (C=O) groups is 1. The molecular formula is C23H28N2O4. The van der Waals surface area contributed by atoms with Crippen molar-refractivity contribution in [2.45, 2.75) is 32.9 Å². The van der Waals surface area contributed by atoms with Crippen molar-refractivity contribution in [3.8, 4) is 11.5 Å². The minimum absolute atomic E-state index is 0.0853. The molecular weight excluding hydrogens is 368 g/mol. The number of rotatable bonds is 8. The molecule has 2 aromatic rings. The van der Waals surface area contributed by atoms with Gasteiger partial charge in [0.25, 0.3) is 0 Å². The number of hydrogen-bond donors (Lipinski definition) is 0. The number of ether oxygens (including phenoxy) is 2. The molecule has 2 aromatic carbocycles. The van der Waals surface area contributed by atoms with Gasteiger partial charge in [0.1, 0.15) is 11.5 Å². The Bertz CT molecular complexity index is 879. The van der Waals surface area contributed by atoms with Crippen LogP contribution in [-0.2, 0) is 16.2 Å². The third-order valence-corrected chi connectivity index (χ3v) is 4.89. The second kappa shape index (κ2) is 9.45. The van der Waals surface area contributed by atoms with Crippen molar-refractivity contribution in [2.24, 2.45) is 11.1 Å². The van der Waals surface area contributed by atoms with Crippen LogP contribution in [0, 0.1) is 5.92 Å². The van der Waals surface area contributed by atoms with Crippen molar-refractivity contribution in [1.82, 2.24) is 4.90 Å². The van der Waals surface area contributed by atoms with Crippen molar-refractivity contribution in [3.63, 3.8) is 0 Å². The van der Waals surface area contributed by atoms with Crippen molar-refractivity contribution in [3.05, 3.63) is 59.7 Å². The Morgan fingerprint density at radius 2 is 1.97 bits per heavy atom. The fourth-order valence-electron chi connectivity index (χ4n) is 3.40. The van der Waals surface area contributed by atoms with Gasteiger partial charge >= 0.3 is 0 Å². The summed E-state index contributed by atoms with van der Waals surface area (Å²) in [6, 6.07) is 15.5. The predicted molar refractivity (Wildman–Crippen MR) is 112 cm³/mol. The van der Waals surface area contributed by atoms with Crippen LogP contribution >= 0.6 is 0 Å². The molecule has 0 saturated carbocycles. The highest BCUT2D eigenvalue weighted by Gasteiger charge is 2.28. The topological polar surface area (TPSA) is 60.4 Å². The monoisotopic (exact) mass is 396 g/mol. The van der Waals surface area contributed by atoms with Gasteiger partial charge in [-0.1, -0.05) is 43.3 Å². The molecule has 6 heteroatoms. The first kappa shape index (κ1) is 20.7. The fourth-order valence-corrected chi connectivity index (χ4v) is 3.40. The van der Waals surface area contributed by atoms with Gasteiger partial charge in [-0.2, -0.15) is 0 Å². The van der Waals surface area contributed by atoms with Crippen LogP contribution in [0.1, 0.15) is 31.4 Å². The SMILES string of the molecule is COc1cccc(CN(C[C@H]2CC(c3ccccc3OC)=NO2)C(=O)C(C)C)c1. The summed E-state index contributed by atoms with van der Waals surface area (Å²) in [7, 11) is 3.28. The van der Waals surface area contributed by atoms with Gasteiger partial charge in [-0.3, -0.25) is 4.79 Å². The fraction of sp³-hybridized carbons (Fsp3) is 0.391. The molecule has 0 spiro atoms. The molecule has 0 aromatic heterocycles. The smallest absolute Gasteiger partial charge is 0.225 e. The Balaban J connectivity index is 1.71. The molecule has 0 aliphatic carbocycles. The molecule has 0 N–H and O–H groups in total. The van der Waals surface area contributed by atoms with Gasteiger partial charge in [0.2, 0.25) is 5.91 Å². The van der Waals surface area contributed by atoms with E-state index in [1.54, 1.807) is 14.2 Å². The van der Waals surface area contributed by atoms with E-state index >= 15 is 0 Å². The quantitative estimate of drug-likeness (QED) is 0.679. The number of amides is 1. The lowest BCUT2D eigenvalue weighted by Gasteiger charge is -2.26. The maximum Gasteiger partial charge on any atom is 0.225 e. The normalized spacial score (nSPS) is 15.6. The largest absolute Gasteiger partial charge is 0.497 e. The summed E-state index contributed by atoms with van der Waals surface area (Å²) in [5.74, 6) is 1.53. The van der Waals surface area contributed by atoms with E-state index in [1.165, 1.54) is 0 Å². The number of methoxy groups -OCH3 is 2. The van der Waals surface area contributed by atoms with Crippen LogP contribution in [0.15, 0.2) is 53.7 Å². The van der Waals surface area contributed by atoms with Crippen LogP contribution in [0.3, 0.4) is 0 Å². The molecule has 154 valence electrons. The molecule has 29 heavy (non-hydrogen) atoms. The van der Waals surface area contributed by atoms with Crippen LogP contribution in [0.25, 0.3) is 0 Å². The van der Waals surface area contributed by atoms with Crippen molar-refractivity contribution in [1.29, 1.82) is 0 Å². The van der Waals surface area contributed by atoms with Crippen molar-refractivity contribution >= 4 is 11.6 Å². The molecule has 0 saturated heterocycles. The van der Waals surface area contributed by atoms with Gasteiger partial charge in [0.05, 0.1) is 26.5 Å². The van der Waals surface area contributed by atoms with Gasteiger partial charge in [0, 0.05) is 24.4 Å². The summed E-state index contributed by atoms with van der Waals surface area (Å²) in [6.45, 7) is 4.79. The third kappa shape index (κ3) is 5.08. The lowest BCUT2D eigenvalue weighted by Crippen LogP contribution is -2.39. The predicted octanol–water partition coefficient (Wildman–Crippen LogP) is 3.88. The Hall–Kier alpha value is -3.02. The lowest BCUT2D eigenvalue weighted by molar-refractivity contribution is -0.136. The maximum atomic E-state index is 12.8. The zero-order valence-electron chi connectivity index (χ0n) is 17.4. The number of carbonyl (C=O) groups excluding carboxylic acids is 1. The van der Waals surface area contributed by atoms with Crippen LogP contribution in [0.2, 0.25) is 0 Å². The molecule has 1 heterocycles. The van der Waals surface area contributed by atoms with Crippen molar-refractivity contribution in [2.75, 3.05) is 20.8 Å². The average molecular weight is 396 g/mol. The molecule has 0 unspecified atom stereocenters. The van der Waals surface area contributed by atoms with E-state index in [9.17, 15) is 4.79 Å². The molecule has 1 aliphatic rings. The first-order valence-electron chi connectivity index (χ1n) is 9.79. The van der Waals surface area contributed by atoms with E-state index in [-0.39, 0.29) is 17.9 Å². The summed E-state index contributed by atoms with van der Waals surface area (Å²) >= 11 is 0. The van der Waals surface area contributed by atoms with Crippen LogP contribution < -0.4 is 9.47 Å². The van der Waals surface area contributed by atoms with Gasteiger partial charge < -0.3 is 19.2 Å². The van der Waals surface area contributed by atoms with Crippen molar-refractivity contribution < 1.29 is 19.1 Å². The number of nitrogens with zero attached hydrogens (tertiary/aromatic N) is 2. The third-order valence-electron chi connectivity index (χ3n) is 4.89. The van der Waals surface area contributed by atoms with Gasteiger partial charge in [-0.15, -0.1) is 0 Å². The van der Waals surface area contributed by atoms with E-state index < -0.39 is 0 Å². The Kier molecular flexibility index (Phi) is 6.75. The maximum absolute atomic E-state index is 12.8. The minimum atomic E-state index is -0.191. The first-order valence-corrected chi connectivity index (χ1v) is 9.79. The zero-order valence-corrected chi connectivity index (χ0v) is 17.4. The summed E-state index contributed by atoms with van der Waals surface area (Å²) in [4.78, 5) is 20.3. The molecule has 6 nitrogen and oxygen atoms in total. The Morgan fingerprint density at radius 1 is 1.17 bits per heavy atom. The number of hydrogen-bond acceptors (Lipinski definition) is 5. The summed E-state index contributed by atoms with van der Waals surface area (Å²) in [6.07, 6.45) is 0.434. The first-order chi connectivity index (χ1) is 14.0. The Labute approximate surface area is 172 Å². The number of para-hydroxylation sites is 1. The highest BCUT2D eigenvalue weighted by molar-refractivity contribution is 6.03. The minimum Gasteiger partial charge on any atom is -0.497 e. The van der Waals surface area contributed by atoms with E-state index in [2.05, 4.69) is 5.16 Å².